The van der Waals surface area contributed by atoms with Crippen molar-refractivity contribution in [3.05, 3.63) is 35.4 Å². The van der Waals surface area contributed by atoms with Gasteiger partial charge in [-0.3, -0.25) is 0 Å². The van der Waals surface area contributed by atoms with Crippen LogP contribution in [-0.4, -0.2) is 10.7 Å². The van der Waals surface area contributed by atoms with Crippen molar-refractivity contribution in [3.63, 3.8) is 0 Å². The smallest absolute Gasteiger partial charge is 0.0688 e. The van der Waals surface area contributed by atoms with E-state index in [-0.39, 0.29) is 0 Å². The molecule has 1 fully saturated rings. The number of hydrogen-bond donors (Lipinski definition) is 1. The predicted octanol–water partition coefficient (Wildman–Crippen LogP) is 3.23. The second kappa shape index (κ2) is 4.36. The summed E-state index contributed by atoms with van der Waals surface area (Å²) in [6.07, 6.45) is 6.43. The van der Waals surface area contributed by atoms with Gasteiger partial charge >= 0.3 is 0 Å². The number of rotatable bonds is 2. The Morgan fingerprint density at radius 3 is 2.27 bits per heavy atom. The summed E-state index contributed by atoms with van der Waals surface area (Å²) in [6, 6.07) is 8.53. The van der Waals surface area contributed by atoms with Crippen LogP contribution in [0.2, 0.25) is 0 Å². The minimum atomic E-state index is -0.423. The molecule has 1 aliphatic rings. The molecule has 0 aliphatic heterocycles. The summed E-state index contributed by atoms with van der Waals surface area (Å²) in [5.74, 6) is 0. The van der Waals surface area contributed by atoms with Crippen LogP contribution in [0, 0.1) is 6.92 Å². The fourth-order valence-corrected chi connectivity index (χ4v) is 2.47. The summed E-state index contributed by atoms with van der Waals surface area (Å²) >= 11 is 0. The van der Waals surface area contributed by atoms with Gasteiger partial charge in [0.1, 0.15) is 0 Å². The van der Waals surface area contributed by atoms with E-state index < -0.39 is 5.60 Å². The lowest BCUT2D eigenvalue weighted by molar-refractivity contribution is 0.00449. The van der Waals surface area contributed by atoms with Crippen molar-refractivity contribution in [1.29, 1.82) is 0 Å². The zero-order chi connectivity index (χ0) is 10.7. The van der Waals surface area contributed by atoms with E-state index in [1.54, 1.807) is 0 Å². The van der Waals surface area contributed by atoms with Crippen LogP contribution in [-0.2, 0) is 6.42 Å². The Bertz CT molecular complexity index is 307. The molecule has 0 heterocycles. The molecule has 1 aromatic carbocycles. The van der Waals surface area contributed by atoms with Crippen LogP contribution in [0.4, 0.5) is 0 Å². The monoisotopic (exact) mass is 204 g/mol. The van der Waals surface area contributed by atoms with E-state index in [4.69, 9.17) is 0 Å². The minimum absolute atomic E-state index is 0.423. The van der Waals surface area contributed by atoms with Crippen molar-refractivity contribution in [3.8, 4) is 0 Å². The van der Waals surface area contributed by atoms with Crippen molar-refractivity contribution in [2.75, 3.05) is 0 Å². The first-order valence-electron chi connectivity index (χ1n) is 5.96. The first-order chi connectivity index (χ1) is 7.18. The fourth-order valence-electron chi connectivity index (χ4n) is 2.47. The maximum absolute atomic E-state index is 10.4. The topological polar surface area (TPSA) is 20.2 Å². The van der Waals surface area contributed by atoms with Gasteiger partial charge in [-0.1, -0.05) is 49.1 Å². The van der Waals surface area contributed by atoms with Gasteiger partial charge in [-0.25, -0.2) is 0 Å². The Hall–Kier alpha value is -0.820. The summed E-state index contributed by atoms with van der Waals surface area (Å²) < 4.78 is 0. The zero-order valence-electron chi connectivity index (χ0n) is 9.50. The number of aliphatic hydroxyl groups is 1. The van der Waals surface area contributed by atoms with Gasteiger partial charge < -0.3 is 5.11 Å². The number of benzene rings is 1. The maximum atomic E-state index is 10.4. The Kier molecular flexibility index (Phi) is 3.11. The molecule has 0 atom stereocenters. The largest absolute Gasteiger partial charge is 0.390 e. The van der Waals surface area contributed by atoms with Crippen LogP contribution in [0.15, 0.2) is 24.3 Å². The summed E-state index contributed by atoms with van der Waals surface area (Å²) in [5, 5.41) is 10.4. The van der Waals surface area contributed by atoms with Crippen molar-refractivity contribution < 1.29 is 5.11 Å². The van der Waals surface area contributed by atoms with E-state index in [9.17, 15) is 5.11 Å². The molecule has 0 radical (unpaired) electrons. The highest BCUT2D eigenvalue weighted by Crippen LogP contribution is 2.31. The van der Waals surface area contributed by atoms with Gasteiger partial charge in [0.2, 0.25) is 0 Å². The molecule has 1 saturated carbocycles. The highest BCUT2D eigenvalue weighted by atomic mass is 16.3. The van der Waals surface area contributed by atoms with Crippen LogP contribution in [0.25, 0.3) is 0 Å². The summed E-state index contributed by atoms with van der Waals surface area (Å²) in [4.78, 5) is 0. The molecule has 0 spiro atoms. The van der Waals surface area contributed by atoms with Gasteiger partial charge in [0.05, 0.1) is 5.60 Å². The molecule has 0 amide bonds. The Balaban J connectivity index is 2.03. The lowest BCUT2D eigenvalue weighted by atomic mass is 9.80. The van der Waals surface area contributed by atoms with E-state index >= 15 is 0 Å². The normalized spacial score (nSPS) is 20.1. The molecule has 1 aliphatic carbocycles. The van der Waals surface area contributed by atoms with Gasteiger partial charge in [-0.2, -0.15) is 0 Å². The molecular weight excluding hydrogens is 184 g/mol. The second-order valence-corrected chi connectivity index (χ2v) is 4.95. The average molecular weight is 204 g/mol. The lowest BCUT2D eigenvalue weighted by Crippen LogP contribution is -2.33. The lowest BCUT2D eigenvalue weighted by Gasteiger charge is -2.32. The standard InChI is InChI=1S/C14H20O/c1-12-5-7-13(8-6-12)11-14(15)9-3-2-4-10-14/h5-8,15H,2-4,9-11H2,1H3. The van der Waals surface area contributed by atoms with Gasteiger partial charge in [-0.05, 0) is 25.3 Å². The van der Waals surface area contributed by atoms with Crippen LogP contribution in [0.1, 0.15) is 43.2 Å². The highest BCUT2D eigenvalue weighted by Gasteiger charge is 2.28. The van der Waals surface area contributed by atoms with Gasteiger partial charge in [-0.15, -0.1) is 0 Å². The summed E-state index contributed by atoms with van der Waals surface area (Å²) in [7, 11) is 0. The minimum Gasteiger partial charge on any atom is -0.390 e. The van der Waals surface area contributed by atoms with E-state index in [1.165, 1.54) is 30.4 Å². The predicted molar refractivity (Wildman–Crippen MR) is 62.9 cm³/mol. The van der Waals surface area contributed by atoms with E-state index in [0.29, 0.717) is 0 Å². The van der Waals surface area contributed by atoms with Crippen molar-refractivity contribution in [2.45, 2.75) is 51.0 Å². The quantitative estimate of drug-likeness (QED) is 0.784. The Morgan fingerprint density at radius 2 is 1.67 bits per heavy atom. The van der Waals surface area contributed by atoms with Crippen molar-refractivity contribution in [2.24, 2.45) is 0 Å². The third-order valence-electron chi connectivity index (χ3n) is 3.44. The SMILES string of the molecule is Cc1ccc(CC2(O)CCCCC2)cc1. The molecule has 82 valence electrons. The van der Waals surface area contributed by atoms with Crippen molar-refractivity contribution >= 4 is 0 Å². The van der Waals surface area contributed by atoms with E-state index in [2.05, 4.69) is 31.2 Å². The van der Waals surface area contributed by atoms with E-state index in [1.807, 2.05) is 0 Å². The van der Waals surface area contributed by atoms with Crippen LogP contribution in [0.3, 0.4) is 0 Å². The third-order valence-corrected chi connectivity index (χ3v) is 3.44. The van der Waals surface area contributed by atoms with Gasteiger partial charge in [0, 0.05) is 6.42 Å². The van der Waals surface area contributed by atoms with Crippen LogP contribution >= 0.6 is 0 Å². The van der Waals surface area contributed by atoms with Gasteiger partial charge in [0.15, 0.2) is 0 Å². The molecule has 1 aromatic rings. The summed E-state index contributed by atoms with van der Waals surface area (Å²) in [6.45, 7) is 2.10. The molecule has 0 aromatic heterocycles. The van der Waals surface area contributed by atoms with Gasteiger partial charge in [0.25, 0.3) is 0 Å². The first-order valence-corrected chi connectivity index (χ1v) is 5.96. The molecule has 15 heavy (non-hydrogen) atoms. The fraction of sp³-hybridized carbons (Fsp3) is 0.571. The molecule has 0 unspecified atom stereocenters. The maximum Gasteiger partial charge on any atom is 0.0688 e. The molecule has 1 N–H and O–H groups in total. The second-order valence-electron chi connectivity index (χ2n) is 4.95. The molecule has 1 nitrogen and oxygen atoms in total. The molecule has 0 bridgehead atoms. The zero-order valence-corrected chi connectivity index (χ0v) is 9.50. The highest BCUT2D eigenvalue weighted by molar-refractivity contribution is 5.22. The average Bonchev–Trinajstić information content (AvgIpc) is 2.22. The molecule has 0 saturated heterocycles. The summed E-state index contributed by atoms with van der Waals surface area (Å²) in [5.41, 5.74) is 2.13. The van der Waals surface area contributed by atoms with Crippen LogP contribution in [0.5, 0.6) is 0 Å². The third kappa shape index (κ3) is 2.82. The number of hydrogen-bond acceptors (Lipinski definition) is 1. The molecule has 1 heteroatoms. The number of aryl methyl sites for hydroxylation is 1. The van der Waals surface area contributed by atoms with Crippen LogP contribution < -0.4 is 0 Å². The first kappa shape index (κ1) is 10.7. The Labute approximate surface area is 92.1 Å². The molecular formula is C14H20O. The van der Waals surface area contributed by atoms with Crippen molar-refractivity contribution in [1.82, 2.24) is 0 Å². The Morgan fingerprint density at radius 1 is 1.07 bits per heavy atom. The van der Waals surface area contributed by atoms with E-state index in [0.717, 1.165) is 19.3 Å². The molecule has 2 rings (SSSR count).